The van der Waals surface area contributed by atoms with Crippen molar-refractivity contribution in [1.29, 1.82) is 0 Å². The van der Waals surface area contributed by atoms with Gasteiger partial charge in [0.05, 0.1) is 6.61 Å². The molecule has 1 N–H and O–H groups in total. The Bertz CT molecular complexity index is 1130. The summed E-state index contributed by atoms with van der Waals surface area (Å²) < 4.78 is 5.58. The van der Waals surface area contributed by atoms with Crippen molar-refractivity contribution in [2.45, 2.75) is 13.5 Å². The number of carbonyl (C=O) groups excluding carboxylic acids is 3. The second kappa shape index (κ2) is 7.72. The van der Waals surface area contributed by atoms with Crippen LogP contribution in [0.2, 0.25) is 0 Å². The quantitative estimate of drug-likeness (QED) is 0.567. The molecule has 3 aromatic rings. The number of para-hydroxylation sites is 1. The van der Waals surface area contributed by atoms with E-state index in [0.29, 0.717) is 35.4 Å². The van der Waals surface area contributed by atoms with E-state index in [-0.39, 0.29) is 23.0 Å². The van der Waals surface area contributed by atoms with Crippen molar-refractivity contribution in [3.05, 3.63) is 100 Å². The molecule has 0 saturated heterocycles. The SMILES string of the molecule is CCOc1ccccc1CNC(=O)c1ccc2c(c1)C(=O)c1ccccc1C2=O. The van der Waals surface area contributed by atoms with Gasteiger partial charge < -0.3 is 10.1 Å². The summed E-state index contributed by atoms with van der Waals surface area (Å²) >= 11 is 0. The third kappa shape index (κ3) is 3.43. The van der Waals surface area contributed by atoms with E-state index < -0.39 is 0 Å². The Kier molecular flexibility index (Phi) is 4.96. The van der Waals surface area contributed by atoms with Gasteiger partial charge in [0, 0.05) is 39.9 Å². The zero-order valence-electron chi connectivity index (χ0n) is 15.9. The molecule has 0 aromatic heterocycles. The minimum Gasteiger partial charge on any atom is -0.494 e. The molecule has 0 saturated carbocycles. The first kappa shape index (κ1) is 18.6. The molecule has 3 aromatic carbocycles. The normalized spacial score (nSPS) is 12.2. The smallest absolute Gasteiger partial charge is 0.251 e. The fourth-order valence-corrected chi connectivity index (χ4v) is 3.46. The first-order chi connectivity index (χ1) is 14.1. The molecule has 0 fully saturated rings. The van der Waals surface area contributed by atoms with Crippen LogP contribution in [0, 0.1) is 0 Å². The van der Waals surface area contributed by atoms with Crippen LogP contribution < -0.4 is 10.1 Å². The molecule has 5 nitrogen and oxygen atoms in total. The van der Waals surface area contributed by atoms with E-state index >= 15 is 0 Å². The Balaban J connectivity index is 1.57. The number of ether oxygens (including phenoxy) is 1. The molecule has 0 aliphatic heterocycles. The summed E-state index contributed by atoms with van der Waals surface area (Å²) in [4.78, 5) is 38.2. The Morgan fingerprint density at radius 3 is 2.17 bits per heavy atom. The lowest BCUT2D eigenvalue weighted by molar-refractivity contribution is 0.0948. The van der Waals surface area contributed by atoms with Crippen molar-refractivity contribution in [1.82, 2.24) is 5.32 Å². The number of amides is 1. The van der Waals surface area contributed by atoms with Gasteiger partial charge in [0.15, 0.2) is 11.6 Å². The summed E-state index contributed by atoms with van der Waals surface area (Å²) in [5.74, 6) is -0.0457. The van der Waals surface area contributed by atoms with E-state index in [9.17, 15) is 14.4 Å². The Morgan fingerprint density at radius 2 is 1.45 bits per heavy atom. The molecule has 0 heterocycles. The predicted octanol–water partition coefficient (Wildman–Crippen LogP) is 3.79. The topological polar surface area (TPSA) is 72.5 Å². The van der Waals surface area contributed by atoms with Crippen LogP contribution in [-0.4, -0.2) is 24.1 Å². The lowest BCUT2D eigenvalue weighted by Gasteiger charge is -2.18. The van der Waals surface area contributed by atoms with Gasteiger partial charge in [-0.15, -0.1) is 0 Å². The van der Waals surface area contributed by atoms with Crippen molar-refractivity contribution >= 4 is 17.5 Å². The Morgan fingerprint density at radius 1 is 0.828 bits per heavy atom. The molecule has 4 rings (SSSR count). The van der Waals surface area contributed by atoms with Gasteiger partial charge in [-0.2, -0.15) is 0 Å². The van der Waals surface area contributed by atoms with Crippen LogP contribution >= 0.6 is 0 Å². The molecular weight excluding hydrogens is 366 g/mol. The summed E-state index contributed by atoms with van der Waals surface area (Å²) in [7, 11) is 0. The van der Waals surface area contributed by atoms with E-state index in [4.69, 9.17) is 4.74 Å². The fraction of sp³-hybridized carbons (Fsp3) is 0.125. The monoisotopic (exact) mass is 385 g/mol. The van der Waals surface area contributed by atoms with Crippen LogP contribution in [0.25, 0.3) is 0 Å². The third-order valence-electron chi connectivity index (χ3n) is 4.90. The van der Waals surface area contributed by atoms with Crippen LogP contribution in [0.1, 0.15) is 54.7 Å². The first-order valence-corrected chi connectivity index (χ1v) is 9.41. The van der Waals surface area contributed by atoms with Gasteiger partial charge in [0.25, 0.3) is 5.91 Å². The minimum absolute atomic E-state index is 0.201. The molecule has 0 bridgehead atoms. The van der Waals surface area contributed by atoms with Gasteiger partial charge in [-0.05, 0) is 31.2 Å². The zero-order chi connectivity index (χ0) is 20.4. The van der Waals surface area contributed by atoms with Gasteiger partial charge in [-0.3, -0.25) is 14.4 Å². The average Bonchev–Trinajstić information content (AvgIpc) is 2.76. The van der Waals surface area contributed by atoms with Crippen molar-refractivity contribution in [2.24, 2.45) is 0 Å². The van der Waals surface area contributed by atoms with Gasteiger partial charge in [0.1, 0.15) is 5.75 Å². The van der Waals surface area contributed by atoms with Crippen molar-refractivity contribution in [3.63, 3.8) is 0 Å². The Hall–Kier alpha value is -3.73. The summed E-state index contributed by atoms with van der Waals surface area (Å²) in [5, 5.41) is 2.85. The molecule has 1 amide bonds. The molecule has 0 spiro atoms. The molecule has 5 heteroatoms. The van der Waals surface area contributed by atoms with Gasteiger partial charge in [0.2, 0.25) is 0 Å². The van der Waals surface area contributed by atoms with Crippen molar-refractivity contribution in [3.8, 4) is 5.75 Å². The molecule has 0 unspecified atom stereocenters. The van der Waals surface area contributed by atoms with E-state index in [1.807, 2.05) is 31.2 Å². The van der Waals surface area contributed by atoms with Crippen LogP contribution in [0.5, 0.6) is 5.75 Å². The summed E-state index contributed by atoms with van der Waals surface area (Å²) in [6.45, 7) is 2.73. The summed E-state index contributed by atoms with van der Waals surface area (Å²) in [6.07, 6.45) is 0. The number of rotatable bonds is 5. The second-order valence-electron chi connectivity index (χ2n) is 6.69. The van der Waals surface area contributed by atoms with Gasteiger partial charge in [-0.1, -0.05) is 42.5 Å². The maximum Gasteiger partial charge on any atom is 0.251 e. The first-order valence-electron chi connectivity index (χ1n) is 9.41. The number of hydrogen-bond acceptors (Lipinski definition) is 4. The number of nitrogens with one attached hydrogen (secondary N) is 1. The largest absolute Gasteiger partial charge is 0.494 e. The van der Waals surface area contributed by atoms with E-state index in [2.05, 4.69) is 5.32 Å². The highest BCUT2D eigenvalue weighted by Crippen LogP contribution is 2.28. The molecule has 1 aliphatic rings. The molecular formula is C24H19NO4. The van der Waals surface area contributed by atoms with Crippen molar-refractivity contribution < 1.29 is 19.1 Å². The van der Waals surface area contributed by atoms with Crippen LogP contribution in [0.4, 0.5) is 0 Å². The highest BCUT2D eigenvalue weighted by molar-refractivity contribution is 6.28. The molecule has 0 radical (unpaired) electrons. The number of carbonyl (C=O) groups is 3. The second-order valence-corrected chi connectivity index (χ2v) is 6.69. The fourth-order valence-electron chi connectivity index (χ4n) is 3.46. The molecule has 1 aliphatic carbocycles. The van der Waals surface area contributed by atoms with E-state index in [1.54, 1.807) is 36.4 Å². The standard InChI is InChI=1S/C24H19NO4/c1-2-29-21-10-6-3-7-16(21)14-25-24(28)15-11-12-19-20(13-15)23(27)18-9-5-4-8-17(18)22(19)26/h3-13H,2,14H2,1H3,(H,25,28). The molecule has 144 valence electrons. The third-order valence-corrected chi connectivity index (χ3v) is 4.90. The van der Waals surface area contributed by atoms with Crippen molar-refractivity contribution in [2.75, 3.05) is 6.61 Å². The predicted molar refractivity (Wildman–Crippen MR) is 109 cm³/mol. The number of hydrogen-bond donors (Lipinski definition) is 1. The Labute approximate surface area is 168 Å². The zero-order valence-corrected chi connectivity index (χ0v) is 15.9. The maximum atomic E-state index is 12.8. The van der Waals surface area contributed by atoms with Crippen LogP contribution in [-0.2, 0) is 6.54 Å². The summed E-state index contributed by atoms with van der Waals surface area (Å²) in [6, 6.07) is 18.8. The van der Waals surface area contributed by atoms with E-state index in [0.717, 1.165) is 11.3 Å². The van der Waals surface area contributed by atoms with Crippen LogP contribution in [0.15, 0.2) is 66.7 Å². The highest BCUT2D eigenvalue weighted by atomic mass is 16.5. The minimum atomic E-state index is -0.321. The average molecular weight is 385 g/mol. The van der Waals surface area contributed by atoms with Crippen LogP contribution in [0.3, 0.4) is 0 Å². The maximum absolute atomic E-state index is 12.8. The molecule has 29 heavy (non-hydrogen) atoms. The lowest BCUT2D eigenvalue weighted by Crippen LogP contribution is -2.25. The van der Waals surface area contributed by atoms with Gasteiger partial charge in [-0.25, -0.2) is 0 Å². The lowest BCUT2D eigenvalue weighted by atomic mass is 9.83. The number of benzene rings is 3. The van der Waals surface area contributed by atoms with E-state index in [1.165, 1.54) is 6.07 Å². The highest BCUT2D eigenvalue weighted by Gasteiger charge is 2.29. The summed E-state index contributed by atoms with van der Waals surface area (Å²) in [5.41, 5.74) is 2.55. The number of ketones is 2. The molecule has 0 atom stereocenters. The van der Waals surface area contributed by atoms with Gasteiger partial charge >= 0.3 is 0 Å². The number of fused-ring (bicyclic) bond motifs is 2.